The molecule has 118 valence electrons. The molecule has 2 N–H and O–H groups in total. The Bertz CT molecular complexity index is 564. The zero-order valence-electron chi connectivity index (χ0n) is 12.9. The van der Waals surface area contributed by atoms with E-state index in [-0.39, 0.29) is 5.91 Å². The fourth-order valence-electron chi connectivity index (χ4n) is 1.57. The molecule has 0 spiro atoms. The fourth-order valence-corrected chi connectivity index (χ4v) is 1.57. The second kappa shape index (κ2) is 8.61. The Morgan fingerprint density at radius 1 is 1.14 bits per heavy atom. The highest BCUT2D eigenvalue weighted by molar-refractivity contribution is 5.96. The minimum atomic E-state index is -0.899. The summed E-state index contributed by atoms with van der Waals surface area (Å²) in [7, 11) is 0. The van der Waals surface area contributed by atoms with Crippen LogP contribution >= 0.6 is 0 Å². The van der Waals surface area contributed by atoms with Crippen LogP contribution in [-0.2, 0) is 19.1 Å². The summed E-state index contributed by atoms with van der Waals surface area (Å²) in [5.74, 6) is -1.14. The standard InChI is InChI=1S/C16H20N2O4/c1-4-5-6-15(20)22-11(2)16(21)18-14-9-7-13(8-10-14)17-12(3)19/h5-11H,4H2,1-3H3,(H,17,19)(H,18,21)/b6-5+/t11-/m1/s1. The normalized spacial score (nSPS) is 11.8. The number of esters is 1. The van der Waals surface area contributed by atoms with Crippen LogP contribution in [0.5, 0.6) is 0 Å². The van der Waals surface area contributed by atoms with Gasteiger partial charge in [0.15, 0.2) is 6.10 Å². The molecule has 6 nitrogen and oxygen atoms in total. The molecule has 2 amide bonds. The summed E-state index contributed by atoms with van der Waals surface area (Å²) in [5, 5.41) is 5.26. The number of hydrogen-bond acceptors (Lipinski definition) is 4. The van der Waals surface area contributed by atoms with Crippen LogP contribution in [0.2, 0.25) is 0 Å². The maximum absolute atomic E-state index is 11.9. The van der Waals surface area contributed by atoms with Gasteiger partial charge in [0, 0.05) is 24.4 Å². The Labute approximate surface area is 129 Å². The van der Waals surface area contributed by atoms with Gasteiger partial charge in [0.2, 0.25) is 5.91 Å². The van der Waals surface area contributed by atoms with E-state index in [9.17, 15) is 14.4 Å². The van der Waals surface area contributed by atoms with Crippen molar-refractivity contribution in [3.8, 4) is 0 Å². The highest BCUT2D eigenvalue weighted by Gasteiger charge is 2.16. The first-order chi connectivity index (χ1) is 10.4. The number of nitrogens with one attached hydrogen (secondary N) is 2. The third-order valence-electron chi connectivity index (χ3n) is 2.62. The number of anilines is 2. The van der Waals surface area contributed by atoms with Crippen molar-refractivity contribution in [3.05, 3.63) is 36.4 Å². The second-order valence-corrected chi connectivity index (χ2v) is 4.64. The number of carbonyl (C=O) groups is 3. The molecule has 0 heterocycles. The van der Waals surface area contributed by atoms with Gasteiger partial charge >= 0.3 is 5.97 Å². The van der Waals surface area contributed by atoms with E-state index < -0.39 is 18.0 Å². The topological polar surface area (TPSA) is 84.5 Å². The maximum atomic E-state index is 11.9. The summed E-state index contributed by atoms with van der Waals surface area (Å²) < 4.78 is 4.97. The van der Waals surface area contributed by atoms with Crippen LogP contribution in [-0.4, -0.2) is 23.9 Å². The van der Waals surface area contributed by atoms with Crippen molar-refractivity contribution < 1.29 is 19.1 Å². The Morgan fingerprint density at radius 2 is 1.68 bits per heavy atom. The molecule has 0 unspecified atom stereocenters. The van der Waals surface area contributed by atoms with Gasteiger partial charge in [-0.05, 0) is 37.6 Å². The molecule has 0 fully saturated rings. The highest BCUT2D eigenvalue weighted by atomic mass is 16.5. The molecule has 0 bridgehead atoms. The van der Waals surface area contributed by atoms with Crippen molar-refractivity contribution in [1.82, 2.24) is 0 Å². The average molecular weight is 304 g/mol. The third kappa shape index (κ3) is 6.21. The van der Waals surface area contributed by atoms with Crippen LogP contribution in [0.15, 0.2) is 36.4 Å². The van der Waals surface area contributed by atoms with Gasteiger partial charge in [-0.3, -0.25) is 9.59 Å². The summed E-state index contributed by atoms with van der Waals surface area (Å²) >= 11 is 0. The van der Waals surface area contributed by atoms with E-state index in [2.05, 4.69) is 10.6 Å². The summed E-state index contributed by atoms with van der Waals surface area (Å²) in [6.45, 7) is 4.81. The number of ether oxygens (including phenoxy) is 1. The van der Waals surface area contributed by atoms with E-state index in [1.807, 2.05) is 6.92 Å². The first-order valence-corrected chi connectivity index (χ1v) is 6.98. The van der Waals surface area contributed by atoms with Gasteiger partial charge in [-0.15, -0.1) is 0 Å². The summed E-state index contributed by atoms with van der Waals surface area (Å²) in [5.41, 5.74) is 1.18. The predicted octanol–water partition coefficient (Wildman–Crippen LogP) is 2.48. The van der Waals surface area contributed by atoms with Crippen molar-refractivity contribution >= 4 is 29.2 Å². The molecule has 1 aromatic carbocycles. The minimum absolute atomic E-state index is 0.169. The number of carbonyl (C=O) groups excluding carboxylic acids is 3. The Kier molecular flexibility index (Phi) is 6.82. The number of benzene rings is 1. The molecule has 1 rings (SSSR count). The van der Waals surface area contributed by atoms with Crippen LogP contribution in [0.25, 0.3) is 0 Å². The number of hydrogen-bond donors (Lipinski definition) is 2. The van der Waals surface area contributed by atoms with Gasteiger partial charge in [0.1, 0.15) is 0 Å². The van der Waals surface area contributed by atoms with E-state index in [1.165, 1.54) is 19.9 Å². The van der Waals surface area contributed by atoms with Crippen LogP contribution in [0.4, 0.5) is 11.4 Å². The van der Waals surface area contributed by atoms with Crippen LogP contribution < -0.4 is 10.6 Å². The molecule has 0 radical (unpaired) electrons. The lowest BCUT2D eigenvalue weighted by molar-refractivity contribution is -0.148. The van der Waals surface area contributed by atoms with Gasteiger partial charge in [-0.1, -0.05) is 13.0 Å². The fraction of sp³-hybridized carbons (Fsp3) is 0.312. The first kappa shape index (κ1) is 17.4. The third-order valence-corrected chi connectivity index (χ3v) is 2.62. The van der Waals surface area contributed by atoms with E-state index in [4.69, 9.17) is 4.74 Å². The Morgan fingerprint density at radius 3 is 2.18 bits per heavy atom. The number of allylic oxidation sites excluding steroid dienone is 1. The van der Waals surface area contributed by atoms with Gasteiger partial charge in [0.05, 0.1) is 0 Å². The quantitative estimate of drug-likeness (QED) is 0.624. The van der Waals surface area contributed by atoms with Crippen molar-refractivity contribution in [2.24, 2.45) is 0 Å². The largest absolute Gasteiger partial charge is 0.449 e. The van der Waals surface area contributed by atoms with Crippen molar-refractivity contribution in [2.45, 2.75) is 33.3 Å². The molecular weight excluding hydrogens is 284 g/mol. The molecular formula is C16H20N2O4. The molecule has 0 aliphatic heterocycles. The SMILES string of the molecule is CC/C=C/C(=O)O[C@H](C)C(=O)Nc1ccc(NC(C)=O)cc1. The predicted molar refractivity (Wildman–Crippen MR) is 84.4 cm³/mol. The van der Waals surface area contributed by atoms with E-state index in [0.717, 1.165) is 6.42 Å². The molecule has 0 saturated carbocycles. The molecule has 22 heavy (non-hydrogen) atoms. The summed E-state index contributed by atoms with van der Waals surface area (Å²) in [6, 6.07) is 6.62. The lowest BCUT2D eigenvalue weighted by Gasteiger charge is -2.12. The van der Waals surface area contributed by atoms with E-state index in [1.54, 1.807) is 30.3 Å². The summed E-state index contributed by atoms with van der Waals surface area (Å²) in [6.07, 6.45) is 2.78. The zero-order valence-corrected chi connectivity index (χ0v) is 12.9. The maximum Gasteiger partial charge on any atom is 0.331 e. The monoisotopic (exact) mass is 304 g/mol. The molecule has 1 atom stereocenters. The molecule has 0 saturated heterocycles. The Hall–Kier alpha value is -2.63. The molecule has 0 aliphatic carbocycles. The average Bonchev–Trinajstić information content (AvgIpc) is 2.46. The lowest BCUT2D eigenvalue weighted by atomic mass is 10.2. The van der Waals surface area contributed by atoms with Crippen LogP contribution in [0.1, 0.15) is 27.2 Å². The van der Waals surface area contributed by atoms with Crippen molar-refractivity contribution in [2.75, 3.05) is 10.6 Å². The van der Waals surface area contributed by atoms with Gasteiger partial charge in [0.25, 0.3) is 5.91 Å². The lowest BCUT2D eigenvalue weighted by Crippen LogP contribution is -2.29. The van der Waals surface area contributed by atoms with E-state index >= 15 is 0 Å². The smallest absolute Gasteiger partial charge is 0.331 e. The molecule has 1 aromatic rings. The van der Waals surface area contributed by atoms with Gasteiger partial charge in [-0.25, -0.2) is 4.79 Å². The zero-order chi connectivity index (χ0) is 16.5. The van der Waals surface area contributed by atoms with Crippen LogP contribution in [0.3, 0.4) is 0 Å². The van der Waals surface area contributed by atoms with Gasteiger partial charge < -0.3 is 15.4 Å². The summed E-state index contributed by atoms with van der Waals surface area (Å²) in [4.78, 5) is 34.2. The van der Waals surface area contributed by atoms with Crippen molar-refractivity contribution in [1.29, 1.82) is 0 Å². The number of rotatable bonds is 6. The molecule has 6 heteroatoms. The number of amides is 2. The highest BCUT2D eigenvalue weighted by Crippen LogP contribution is 2.14. The Balaban J connectivity index is 2.55. The second-order valence-electron chi connectivity index (χ2n) is 4.64. The minimum Gasteiger partial charge on any atom is -0.449 e. The molecule has 0 aromatic heterocycles. The first-order valence-electron chi connectivity index (χ1n) is 6.98. The molecule has 0 aliphatic rings. The van der Waals surface area contributed by atoms with E-state index in [0.29, 0.717) is 11.4 Å². The van der Waals surface area contributed by atoms with Crippen LogP contribution in [0, 0.1) is 0 Å². The van der Waals surface area contributed by atoms with Gasteiger partial charge in [-0.2, -0.15) is 0 Å². The van der Waals surface area contributed by atoms with Crippen molar-refractivity contribution in [3.63, 3.8) is 0 Å².